The number of nitrogens with zero attached hydrogens (tertiary/aromatic N) is 2. The Labute approximate surface area is 122 Å². The molecule has 1 aliphatic carbocycles. The van der Waals surface area contributed by atoms with E-state index in [0.717, 1.165) is 38.3 Å². The molecular formula is C14H21F3N2O2. The zero-order valence-corrected chi connectivity index (χ0v) is 12.3. The molecule has 0 amide bonds. The molecule has 0 aromatic rings. The van der Waals surface area contributed by atoms with E-state index >= 15 is 0 Å². The fourth-order valence-electron chi connectivity index (χ4n) is 3.01. The lowest BCUT2D eigenvalue weighted by Crippen LogP contribution is -2.43. The molecule has 0 bridgehead atoms. The number of methoxy groups -OCH3 is 1. The van der Waals surface area contributed by atoms with E-state index in [0.29, 0.717) is 0 Å². The zero-order valence-electron chi connectivity index (χ0n) is 12.3. The van der Waals surface area contributed by atoms with Gasteiger partial charge in [0, 0.05) is 12.2 Å². The Balaban J connectivity index is 2.18. The van der Waals surface area contributed by atoms with Crippen LogP contribution in [0.4, 0.5) is 13.2 Å². The van der Waals surface area contributed by atoms with E-state index < -0.39 is 23.9 Å². The van der Waals surface area contributed by atoms with Crippen molar-refractivity contribution in [1.29, 1.82) is 0 Å². The fraction of sp³-hybridized carbons (Fsp3) is 0.786. The number of carbonyl (C=O) groups is 1. The highest BCUT2D eigenvalue weighted by Gasteiger charge is 2.45. The van der Waals surface area contributed by atoms with Crippen LogP contribution in [0.1, 0.15) is 39.0 Å². The Hall–Kier alpha value is -1.40. The summed E-state index contributed by atoms with van der Waals surface area (Å²) in [4.78, 5) is 14.4. The Morgan fingerprint density at radius 3 is 2.48 bits per heavy atom. The summed E-state index contributed by atoms with van der Waals surface area (Å²) in [5.41, 5.74) is -0.648. The number of esters is 1. The molecule has 0 aromatic heterocycles. The predicted octanol–water partition coefficient (Wildman–Crippen LogP) is 2.86. The van der Waals surface area contributed by atoms with Gasteiger partial charge >= 0.3 is 12.1 Å². The monoisotopic (exact) mass is 306 g/mol. The minimum Gasteiger partial charge on any atom is -0.467 e. The summed E-state index contributed by atoms with van der Waals surface area (Å²) in [5.74, 6) is -0.529. The van der Waals surface area contributed by atoms with Gasteiger partial charge in [-0.25, -0.2) is 4.79 Å². The van der Waals surface area contributed by atoms with Crippen LogP contribution in [-0.2, 0) is 9.53 Å². The van der Waals surface area contributed by atoms with E-state index in [4.69, 9.17) is 0 Å². The lowest BCUT2D eigenvalue weighted by Gasteiger charge is -2.36. The number of allylic oxidation sites excluding steroid dienone is 1. The largest absolute Gasteiger partial charge is 0.467 e. The molecule has 7 heteroatoms. The first-order valence-electron chi connectivity index (χ1n) is 7.24. The van der Waals surface area contributed by atoms with Gasteiger partial charge in [-0.05, 0) is 19.8 Å². The highest BCUT2D eigenvalue weighted by molar-refractivity contribution is 5.75. The summed E-state index contributed by atoms with van der Waals surface area (Å²) in [6.07, 6.45) is 1.19. The Kier molecular flexibility index (Phi) is 4.68. The van der Waals surface area contributed by atoms with Gasteiger partial charge in [0.15, 0.2) is 0 Å². The molecule has 1 atom stereocenters. The number of hydrogen-bond donors (Lipinski definition) is 0. The van der Waals surface area contributed by atoms with E-state index in [9.17, 15) is 18.0 Å². The van der Waals surface area contributed by atoms with E-state index in [1.807, 2.05) is 0 Å². The van der Waals surface area contributed by atoms with Crippen molar-refractivity contribution >= 4 is 5.97 Å². The van der Waals surface area contributed by atoms with Gasteiger partial charge in [-0.3, -0.25) is 0 Å². The van der Waals surface area contributed by atoms with Gasteiger partial charge in [0.2, 0.25) is 0 Å². The molecule has 21 heavy (non-hydrogen) atoms. The van der Waals surface area contributed by atoms with Crippen molar-refractivity contribution in [1.82, 2.24) is 9.80 Å². The molecule has 0 saturated heterocycles. The van der Waals surface area contributed by atoms with Gasteiger partial charge < -0.3 is 14.5 Å². The fourth-order valence-corrected chi connectivity index (χ4v) is 3.01. The maximum absolute atomic E-state index is 13.2. The number of ether oxygens (including phenoxy) is 1. The SMILES string of the molecule is COC(=O)[C@H](C)N1C=C(C(F)(F)F)N(C2CCCCC2)C1. The van der Waals surface area contributed by atoms with E-state index in [1.165, 1.54) is 16.9 Å². The van der Waals surface area contributed by atoms with Gasteiger partial charge in [-0.1, -0.05) is 19.3 Å². The van der Waals surface area contributed by atoms with Crippen molar-refractivity contribution < 1.29 is 22.7 Å². The highest BCUT2D eigenvalue weighted by Crippen LogP contribution is 2.37. The first-order valence-corrected chi connectivity index (χ1v) is 7.24. The molecular weight excluding hydrogens is 285 g/mol. The summed E-state index contributed by atoms with van der Waals surface area (Å²) < 4.78 is 44.3. The minimum absolute atomic E-state index is 0.0930. The van der Waals surface area contributed by atoms with E-state index in [2.05, 4.69) is 4.74 Å². The topological polar surface area (TPSA) is 32.8 Å². The molecule has 0 N–H and O–H groups in total. The van der Waals surface area contributed by atoms with Gasteiger partial charge in [0.05, 0.1) is 13.8 Å². The maximum Gasteiger partial charge on any atom is 0.432 e. The average molecular weight is 306 g/mol. The molecule has 0 aromatic carbocycles. The van der Waals surface area contributed by atoms with E-state index in [1.54, 1.807) is 6.92 Å². The molecule has 1 aliphatic heterocycles. The van der Waals surface area contributed by atoms with Gasteiger partial charge in [0.25, 0.3) is 0 Å². The molecule has 0 radical (unpaired) electrons. The second-order valence-electron chi connectivity index (χ2n) is 5.63. The lowest BCUT2D eigenvalue weighted by atomic mass is 9.94. The summed E-state index contributed by atoms with van der Waals surface area (Å²) >= 11 is 0. The first-order chi connectivity index (χ1) is 9.84. The number of carbonyl (C=O) groups excluding carboxylic acids is 1. The molecule has 1 saturated carbocycles. The predicted molar refractivity (Wildman–Crippen MR) is 71.0 cm³/mol. The third-order valence-corrected chi connectivity index (χ3v) is 4.26. The molecule has 4 nitrogen and oxygen atoms in total. The second-order valence-corrected chi connectivity index (χ2v) is 5.63. The summed E-state index contributed by atoms with van der Waals surface area (Å²) in [5, 5.41) is 0. The summed E-state index contributed by atoms with van der Waals surface area (Å²) in [7, 11) is 1.24. The standard InChI is InChI=1S/C14H21F3N2O2/c1-10(13(20)21-2)18-8-12(14(15,16)17)19(9-18)11-6-4-3-5-7-11/h8,10-11H,3-7,9H2,1-2H3/t10-/m0/s1. The Bertz CT molecular complexity index is 417. The number of rotatable bonds is 3. The minimum atomic E-state index is -4.40. The van der Waals surface area contributed by atoms with E-state index in [-0.39, 0.29) is 12.7 Å². The Morgan fingerprint density at radius 2 is 1.95 bits per heavy atom. The van der Waals surface area contributed by atoms with Crippen LogP contribution >= 0.6 is 0 Å². The van der Waals surface area contributed by atoms with Crippen molar-refractivity contribution in [2.24, 2.45) is 0 Å². The third kappa shape index (κ3) is 3.44. The smallest absolute Gasteiger partial charge is 0.432 e. The number of halogens is 3. The summed E-state index contributed by atoms with van der Waals surface area (Å²) in [6, 6.07) is -0.817. The highest BCUT2D eigenvalue weighted by atomic mass is 19.4. The second kappa shape index (κ2) is 6.15. The van der Waals surface area contributed by atoms with Crippen LogP contribution in [0.25, 0.3) is 0 Å². The van der Waals surface area contributed by atoms with Crippen molar-refractivity contribution in [2.75, 3.05) is 13.8 Å². The van der Waals surface area contributed by atoms with Crippen molar-refractivity contribution in [3.63, 3.8) is 0 Å². The van der Waals surface area contributed by atoms with Crippen LogP contribution in [-0.4, -0.2) is 47.8 Å². The van der Waals surface area contributed by atoms with Gasteiger partial charge in [0.1, 0.15) is 11.7 Å². The molecule has 120 valence electrons. The molecule has 2 rings (SSSR count). The molecule has 1 heterocycles. The van der Waals surface area contributed by atoms with Gasteiger partial charge in [-0.15, -0.1) is 0 Å². The maximum atomic E-state index is 13.2. The van der Waals surface area contributed by atoms with Crippen LogP contribution in [0.3, 0.4) is 0 Å². The molecule has 2 aliphatic rings. The van der Waals surface area contributed by atoms with Crippen LogP contribution < -0.4 is 0 Å². The van der Waals surface area contributed by atoms with Crippen LogP contribution in [0.5, 0.6) is 0 Å². The third-order valence-electron chi connectivity index (χ3n) is 4.26. The Morgan fingerprint density at radius 1 is 1.33 bits per heavy atom. The quantitative estimate of drug-likeness (QED) is 0.751. The lowest BCUT2D eigenvalue weighted by molar-refractivity contribution is -0.145. The number of alkyl halides is 3. The molecule has 0 unspecified atom stereocenters. The average Bonchev–Trinajstić information content (AvgIpc) is 2.92. The normalized spacial score (nSPS) is 22.2. The first kappa shape index (κ1) is 16.0. The van der Waals surface area contributed by atoms with Crippen LogP contribution in [0.2, 0.25) is 0 Å². The van der Waals surface area contributed by atoms with Crippen LogP contribution in [0, 0.1) is 0 Å². The van der Waals surface area contributed by atoms with Gasteiger partial charge in [-0.2, -0.15) is 13.2 Å². The van der Waals surface area contributed by atoms with Crippen molar-refractivity contribution in [3.05, 3.63) is 11.9 Å². The summed E-state index contributed by atoms with van der Waals surface area (Å²) in [6.45, 7) is 1.65. The molecule has 0 spiro atoms. The number of hydrogen-bond acceptors (Lipinski definition) is 4. The zero-order chi connectivity index (χ0) is 15.6. The van der Waals surface area contributed by atoms with Crippen molar-refractivity contribution in [2.45, 2.75) is 57.3 Å². The van der Waals surface area contributed by atoms with Crippen LogP contribution in [0.15, 0.2) is 11.9 Å². The van der Waals surface area contributed by atoms with Crippen molar-refractivity contribution in [3.8, 4) is 0 Å². The molecule has 1 fully saturated rings.